The van der Waals surface area contributed by atoms with E-state index in [1.165, 1.54) is 12.1 Å². The van der Waals surface area contributed by atoms with Gasteiger partial charge in [-0.1, -0.05) is 24.3 Å². The largest absolute Gasteiger partial charge is 0.353 e. The molecule has 0 spiro atoms. The minimum Gasteiger partial charge on any atom is -0.353 e. The van der Waals surface area contributed by atoms with Crippen LogP contribution in [0.5, 0.6) is 0 Å². The van der Waals surface area contributed by atoms with Crippen molar-refractivity contribution >= 4 is 17.5 Å². The molecule has 0 aromatic heterocycles. The van der Waals surface area contributed by atoms with Crippen molar-refractivity contribution in [3.63, 3.8) is 0 Å². The summed E-state index contributed by atoms with van der Waals surface area (Å²) in [5.41, 5.74) is 1.93. The average Bonchev–Trinajstić information content (AvgIpc) is 3.52. The number of benzene rings is 2. The standard InChI is InChI=1S/C21H21FN2O2/c22-16-5-3-15(4-6-16)21(11-12-21)20(26)24-18-7-1-14(2-8-18)13-19(25)23-17-9-10-17/h1-8,17H,9-13H2,(H,23,25)(H,24,26). The molecular formula is C21H21FN2O2. The smallest absolute Gasteiger partial charge is 0.235 e. The molecule has 0 atom stereocenters. The molecule has 2 N–H and O–H groups in total. The molecule has 26 heavy (non-hydrogen) atoms. The first-order chi connectivity index (χ1) is 12.5. The van der Waals surface area contributed by atoms with E-state index in [1.807, 2.05) is 24.3 Å². The Balaban J connectivity index is 1.38. The minimum absolute atomic E-state index is 0.0394. The molecule has 4 nitrogen and oxygen atoms in total. The van der Waals surface area contributed by atoms with Gasteiger partial charge in [0.2, 0.25) is 11.8 Å². The fraction of sp³-hybridized carbons (Fsp3) is 0.333. The molecule has 2 amide bonds. The molecule has 2 saturated carbocycles. The fourth-order valence-corrected chi connectivity index (χ4v) is 3.19. The second-order valence-electron chi connectivity index (χ2n) is 7.26. The van der Waals surface area contributed by atoms with Gasteiger partial charge < -0.3 is 10.6 Å². The minimum atomic E-state index is -0.545. The van der Waals surface area contributed by atoms with Gasteiger partial charge in [0, 0.05) is 11.7 Å². The Morgan fingerprint density at radius 2 is 1.65 bits per heavy atom. The van der Waals surface area contributed by atoms with E-state index in [1.54, 1.807) is 12.1 Å². The first kappa shape index (κ1) is 16.8. The normalized spacial score (nSPS) is 17.4. The lowest BCUT2D eigenvalue weighted by molar-refractivity contribution is -0.120. The molecule has 0 bridgehead atoms. The summed E-state index contributed by atoms with van der Waals surface area (Å²) in [7, 11) is 0. The lowest BCUT2D eigenvalue weighted by Gasteiger charge is -2.16. The highest BCUT2D eigenvalue weighted by molar-refractivity contribution is 6.01. The van der Waals surface area contributed by atoms with Crippen molar-refractivity contribution in [3.05, 3.63) is 65.5 Å². The Labute approximate surface area is 151 Å². The molecule has 0 unspecified atom stereocenters. The van der Waals surface area contributed by atoms with Gasteiger partial charge in [0.15, 0.2) is 0 Å². The van der Waals surface area contributed by atoms with Crippen LogP contribution in [0.1, 0.15) is 36.8 Å². The maximum Gasteiger partial charge on any atom is 0.235 e. The van der Waals surface area contributed by atoms with Crippen LogP contribution in [-0.4, -0.2) is 17.9 Å². The van der Waals surface area contributed by atoms with E-state index in [0.717, 1.165) is 36.8 Å². The maximum atomic E-state index is 13.1. The second kappa shape index (κ2) is 6.56. The van der Waals surface area contributed by atoms with Crippen LogP contribution in [0.25, 0.3) is 0 Å². The van der Waals surface area contributed by atoms with Gasteiger partial charge in [0.05, 0.1) is 11.8 Å². The van der Waals surface area contributed by atoms with Crippen molar-refractivity contribution in [1.82, 2.24) is 5.32 Å². The van der Waals surface area contributed by atoms with Crippen LogP contribution in [0.15, 0.2) is 48.5 Å². The third-order valence-corrected chi connectivity index (χ3v) is 5.10. The van der Waals surface area contributed by atoms with Crippen molar-refractivity contribution < 1.29 is 14.0 Å². The monoisotopic (exact) mass is 352 g/mol. The number of carbonyl (C=O) groups is 2. The fourth-order valence-electron chi connectivity index (χ4n) is 3.19. The zero-order valence-electron chi connectivity index (χ0n) is 14.4. The van der Waals surface area contributed by atoms with Crippen LogP contribution in [0.3, 0.4) is 0 Å². The van der Waals surface area contributed by atoms with Gasteiger partial charge in [-0.05, 0) is 61.1 Å². The summed E-state index contributed by atoms with van der Waals surface area (Å²) in [6.45, 7) is 0. The van der Waals surface area contributed by atoms with E-state index in [0.29, 0.717) is 18.2 Å². The summed E-state index contributed by atoms with van der Waals surface area (Å²) in [5, 5.41) is 5.91. The molecular weight excluding hydrogens is 331 g/mol. The van der Waals surface area contributed by atoms with Gasteiger partial charge in [-0.2, -0.15) is 0 Å². The van der Waals surface area contributed by atoms with E-state index >= 15 is 0 Å². The van der Waals surface area contributed by atoms with E-state index in [2.05, 4.69) is 10.6 Å². The number of hydrogen-bond acceptors (Lipinski definition) is 2. The molecule has 0 radical (unpaired) electrons. The third kappa shape index (κ3) is 3.62. The third-order valence-electron chi connectivity index (χ3n) is 5.10. The maximum absolute atomic E-state index is 13.1. The predicted octanol–water partition coefficient (Wildman–Crippen LogP) is 3.32. The molecule has 2 aromatic rings. The number of anilines is 1. The highest BCUT2D eigenvalue weighted by Gasteiger charge is 2.51. The number of halogens is 1. The quantitative estimate of drug-likeness (QED) is 0.838. The number of hydrogen-bond donors (Lipinski definition) is 2. The van der Waals surface area contributed by atoms with E-state index < -0.39 is 5.41 Å². The molecule has 134 valence electrons. The van der Waals surface area contributed by atoms with Gasteiger partial charge in [-0.3, -0.25) is 9.59 Å². The molecule has 2 fully saturated rings. The predicted molar refractivity (Wildman–Crippen MR) is 97.3 cm³/mol. The number of rotatable bonds is 6. The van der Waals surface area contributed by atoms with Gasteiger partial charge in [0.1, 0.15) is 5.82 Å². The van der Waals surface area contributed by atoms with Gasteiger partial charge >= 0.3 is 0 Å². The van der Waals surface area contributed by atoms with Crippen LogP contribution in [0.2, 0.25) is 0 Å². The van der Waals surface area contributed by atoms with Gasteiger partial charge in [0.25, 0.3) is 0 Å². The molecule has 2 aromatic carbocycles. The highest BCUT2D eigenvalue weighted by Crippen LogP contribution is 2.49. The van der Waals surface area contributed by atoms with Crippen molar-refractivity contribution in [2.75, 3.05) is 5.32 Å². The summed E-state index contributed by atoms with van der Waals surface area (Å²) in [6, 6.07) is 13.9. The molecule has 4 rings (SSSR count). The molecule has 0 heterocycles. The van der Waals surface area contributed by atoms with E-state index in [9.17, 15) is 14.0 Å². The van der Waals surface area contributed by atoms with Crippen LogP contribution in [0, 0.1) is 5.82 Å². The molecule has 5 heteroatoms. The van der Waals surface area contributed by atoms with Crippen LogP contribution in [-0.2, 0) is 21.4 Å². The van der Waals surface area contributed by atoms with Gasteiger partial charge in [-0.25, -0.2) is 4.39 Å². The van der Waals surface area contributed by atoms with Crippen molar-refractivity contribution in [1.29, 1.82) is 0 Å². The van der Waals surface area contributed by atoms with Gasteiger partial charge in [-0.15, -0.1) is 0 Å². The number of carbonyl (C=O) groups excluding carboxylic acids is 2. The second-order valence-corrected chi connectivity index (χ2v) is 7.26. The Bertz CT molecular complexity index is 822. The zero-order chi connectivity index (χ0) is 18.1. The first-order valence-corrected chi connectivity index (χ1v) is 9.01. The Kier molecular flexibility index (Phi) is 4.23. The highest BCUT2D eigenvalue weighted by atomic mass is 19.1. The lowest BCUT2D eigenvalue weighted by Crippen LogP contribution is -2.28. The van der Waals surface area contributed by atoms with E-state index in [-0.39, 0.29) is 17.6 Å². The van der Waals surface area contributed by atoms with Crippen molar-refractivity contribution in [2.24, 2.45) is 0 Å². The van der Waals surface area contributed by atoms with E-state index in [4.69, 9.17) is 0 Å². The summed E-state index contributed by atoms with van der Waals surface area (Å²) in [5.74, 6) is -0.327. The summed E-state index contributed by atoms with van der Waals surface area (Å²) in [6.07, 6.45) is 4.04. The Morgan fingerprint density at radius 1 is 1.00 bits per heavy atom. The Morgan fingerprint density at radius 3 is 2.23 bits per heavy atom. The van der Waals surface area contributed by atoms with Crippen LogP contribution in [0.4, 0.5) is 10.1 Å². The first-order valence-electron chi connectivity index (χ1n) is 9.01. The topological polar surface area (TPSA) is 58.2 Å². The van der Waals surface area contributed by atoms with Crippen LogP contribution >= 0.6 is 0 Å². The summed E-state index contributed by atoms with van der Waals surface area (Å²) in [4.78, 5) is 24.5. The molecule has 2 aliphatic rings. The molecule has 2 aliphatic carbocycles. The summed E-state index contributed by atoms with van der Waals surface area (Å²) < 4.78 is 13.1. The average molecular weight is 352 g/mol. The van der Waals surface area contributed by atoms with Crippen LogP contribution < -0.4 is 10.6 Å². The zero-order valence-corrected chi connectivity index (χ0v) is 14.4. The molecule has 0 saturated heterocycles. The van der Waals surface area contributed by atoms with Crippen molar-refractivity contribution in [2.45, 2.75) is 43.6 Å². The summed E-state index contributed by atoms with van der Waals surface area (Å²) >= 11 is 0. The number of amides is 2. The number of nitrogens with one attached hydrogen (secondary N) is 2. The lowest BCUT2D eigenvalue weighted by atomic mass is 9.95. The SMILES string of the molecule is O=C(Cc1ccc(NC(=O)C2(c3ccc(F)cc3)CC2)cc1)NC1CC1. The Hall–Kier alpha value is -2.69. The molecule has 0 aliphatic heterocycles. The van der Waals surface area contributed by atoms with Crippen molar-refractivity contribution in [3.8, 4) is 0 Å².